The summed E-state index contributed by atoms with van der Waals surface area (Å²) in [6.45, 7) is 2.40. The number of fused-ring (bicyclic) bond motifs is 1. The number of nitrogens with one attached hydrogen (secondary N) is 1. The molecule has 0 aliphatic carbocycles. The Morgan fingerprint density at radius 2 is 1.85 bits per heavy atom. The quantitative estimate of drug-likeness (QED) is 0.803. The smallest absolute Gasteiger partial charge is 0.406 e. The summed E-state index contributed by atoms with van der Waals surface area (Å²) in [6.07, 6.45) is -3.99. The highest BCUT2D eigenvalue weighted by molar-refractivity contribution is 6.01. The number of rotatable bonds is 5. The SMILES string of the molecule is C=CCOc1ccccc1[C@H]1Nc2ccccc2C(=O)N1CC(F)(F)F. The first-order valence-electron chi connectivity index (χ1n) is 7.96. The third-order valence-corrected chi connectivity index (χ3v) is 3.94. The van der Waals surface area contributed by atoms with E-state index in [0.29, 0.717) is 17.0 Å². The van der Waals surface area contributed by atoms with Crippen molar-refractivity contribution in [1.29, 1.82) is 0 Å². The Morgan fingerprint density at radius 1 is 1.15 bits per heavy atom. The fraction of sp³-hybridized carbons (Fsp3) is 0.211. The van der Waals surface area contributed by atoms with Crippen molar-refractivity contribution in [3.8, 4) is 5.75 Å². The minimum atomic E-state index is -4.53. The summed E-state index contributed by atoms with van der Waals surface area (Å²) >= 11 is 0. The Bertz CT molecular complexity index is 820. The number of alkyl halides is 3. The first kappa shape index (κ1) is 17.8. The molecule has 7 heteroatoms. The van der Waals surface area contributed by atoms with E-state index < -0.39 is 24.8 Å². The number of halogens is 3. The van der Waals surface area contributed by atoms with E-state index in [9.17, 15) is 18.0 Å². The Kier molecular flexibility index (Phi) is 4.88. The number of hydrogen-bond donors (Lipinski definition) is 1. The Morgan fingerprint density at radius 3 is 2.58 bits per heavy atom. The van der Waals surface area contributed by atoms with Gasteiger partial charge in [-0.05, 0) is 18.2 Å². The second kappa shape index (κ2) is 7.11. The highest BCUT2D eigenvalue weighted by atomic mass is 19.4. The van der Waals surface area contributed by atoms with E-state index in [1.54, 1.807) is 48.5 Å². The number of benzene rings is 2. The number of amides is 1. The van der Waals surface area contributed by atoms with E-state index in [4.69, 9.17) is 4.74 Å². The van der Waals surface area contributed by atoms with Crippen molar-refractivity contribution in [3.05, 3.63) is 72.3 Å². The Labute approximate surface area is 148 Å². The van der Waals surface area contributed by atoms with Gasteiger partial charge in [-0.25, -0.2) is 0 Å². The highest BCUT2D eigenvalue weighted by Gasteiger charge is 2.41. The van der Waals surface area contributed by atoms with Gasteiger partial charge in [-0.1, -0.05) is 43.0 Å². The molecule has 1 N–H and O–H groups in total. The van der Waals surface area contributed by atoms with Crippen molar-refractivity contribution in [2.24, 2.45) is 0 Å². The van der Waals surface area contributed by atoms with Gasteiger partial charge >= 0.3 is 6.18 Å². The summed E-state index contributed by atoms with van der Waals surface area (Å²) in [5, 5.41) is 3.03. The zero-order valence-corrected chi connectivity index (χ0v) is 13.8. The average Bonchev–Trinajstić information content (AvgIpc) is 2.61. The predicted octanol–water partition coefficient (Wildman–Crippen LogP) is 4.38. The van der Waals surface area contributed by atoms with Crippen LogP contribution in [0.1, 0.15) is 22.1 Å². The highest BCUT2D eigenvalue weighted by Crippen LogP contribution is 2.38. The van der Waals surface area contributed by atoms with Crippen molar-refractivity contribution < 1.29 is 22.7 Å². The summed E-state index contributed by atoms with van der Waals surface area (Å²) in [7, 11) is 0. The molecule has 136 valence electrons. The Balaban J connectivity index is 2.06. The molecule has 1 aliphatic rings. The predicted molar refractivity (Wildman–Crippen MR) is 92.0 cm³/mol. The summed E-state index contributed by atoms with van der Waals surface area (Å²) < 4.78 is 44.9. The maximum absolute atomic E-state index is 13.1. The first-order valence-corrected chi connectivity index (χ1v) is 7.96. The maximum Gasteiger partial charge on any atom is 0.406 e. The molecule has 0 fully saturated rings. The van der Waals surface area contributed by atoms with Crippen LogP contribution in [0.4, 0.5) is 18.9 Å². The van der Waals surface area contributed by atoms with Crippen LogP contribution in [0.3, 0.4) is 0 Å². The lowest BCUT2D eigenvalue weighted by Gasteiger charge is -2.38. The fourth-order valence-electron chi connectivity index (χ4n) is 2.88. The summed E-state index contributed by atoms with van der Waals surface area (Å²) in [5.41, 5.74) is 1.14. The van der Waals surface area contributed by atoms with E-state index in [1.165, 1.54) is 6.07 Å². The number of para-hydroxylation sites is 2. The molecule has 0 saturated carbocycles. The van der Waals surface area contributed by atoms with Crippen LogP contribution in [0.2, 0.25) is 0 Å². The number of anilines is 1. The number of carbonyl (C=O) groups is 1. The molecule has 2 aromatic carbocycles. The van der Waals surface area contributed by atoms with Gasteiger partial charge in [-0.3, -0.25) is 4.79 Å². The van der Waals surface area contributed by atoms with Gasteiger partial charge in [0.25, 0.3) is 5.91 Å². The summed E-state index contributed by atoms with van der Waals surface area (Å²) in [6, 6.07) is 13.2. The van der Waals surface area contributed by atoms with Crippen molar-refractivity contribution in [3.63, 3.8) is 0 Å². The van der Waals surface area contributed by atoms with Crippen molar-refractivity contribution in [1.82, 2.24) is 4.90 Å². The maximum atomic E-state index is 13.1. The topological polar surface area (TPSA) is 41.6 Å². The zero-order chi connectivity index (χ0) is 18.7. The van der Waals surface area contributed by atoms with Crippen LogP contribution in [-0.2, 0) is 0 Å². The molecule has 0 bridgehead atoms. The fourth-order valence-corrected chi connectivity index (χ4v) is 2.88. The minimum Gasteiger partial charge on any atom is -0.489 e. The molecule has 0 aromatic heterocycles. The van der Waals surface area contributed by atoms with E-state index in [2.05, 4.69) is 11.9 Å². The van der Waals surface area contributed by atoms with E-state index in [0.717, 1.165) is 4.90 Å². The third-order valence-electron chi connectivity index (χ3n) is 3.94. The third kappa shape index (κ3) is 3.66. The monoisotopic (exact) mass is 362 g/mol. The first-order chi connectivity index (χ1) is 12.4. The normalized spacial score (nSPS) is 16.7. The van der Waals surface area contributed by atoms with Crippen LogP contribution in [0.15, 0.2) is 61.2 Å². The standard InChI is InChI=1S/C19H17F3N2O2/c1-2-11-26-16-10-6-4-8-14(16)17-23-15-9-5-3-7-13(15)18(25)24(17)12-19(20,21)22/h2-10,17,23H,1,11-12H2/t17-/m0/s1. The average molecular weight is 362 g/mol. The van der Waals surface area contributed by atoms with E-state index in [-0.39, 0.29) is 12.2 Å². The van der Waals surface area contributed by atoms with Gasteiger partial charge in [0.2, 0.25) is 0 Å². The molecule has 4 nitrogen and oxygen atoms in total. The number of hydrogen-bond acceptors (Lipinski definition) is 3. The number of nitrogens with zero attached hydrogens (tertiary/aromatic N) is 1. The van der Waals surface area contributed by atoms with Crippen molar-refractivity contribution in [2.75, 3.05) is 18.5 Å². The summed E-state index contributed by atoms with van der Waals surface area (Å²) in [5.74, 6) is -0.288. The van der Waals surface area contributed by atoms with Gasteiger partial charge in [0.15, 0.2) is 0 Å². The van der Waals surface area contributed by atoms with Crippen LogP contribution in [0.25, 0.3) is 0 Å². The van der Waals surface area contributed by atoms with Crippen molar-refractivity contribution >= 4 is 11.6 Å². The minimum absolute atomic E-state index is 0.202. The molecule has 2 aromatic rings. The molecular weight excluding hydrogens is 345 g/mol. The van der Waals surface area contributed by atoms with Gasteiger partial charge in [-0.15, -0.1) is 0 Å². The second-order valence-corrected chi connectivity index (χ2v) is 5.78. The van der Waals surface area contributed by atoms with E-state index in [1.807, 2.05) is 0 Å². The number of ether oxygens (including phenoxy) is 1. The van der Waals surface area contributed by atoms with Crippen LogP contribution in [0, 0.1) is 0 Å². The Hall–Kier alpha value is -2.96. The second-order valence-electron chi connectivity index (χ2n) is 5.78. The molecule has 0 spiro atoms. The lowest BCUT2D eigenvalue weighted by atomic mass is 10.0. The van der Waals surface area contributed by atoms with Crippen LogP contribution < -0.4 is 10.1 Å². The van der Waals surface area contributed by atoms with Crippen molar-refractivity contribution in [2.45, 2.75) is 12.3 Å². The van der Waals surface area contributed by atoms with Crippen LogP contribution in [0.5, 0.6) is 5.75 Å². The van der Waals surface area contributed by atoms with Crippen LogP contribution >= 0.6 is 0 Å². The molecule has 26 heavy (non-hydrogen) atoms. The van der Waals surface area contributed by atoms with Gasteiger partial charge in [0.1, 0.15) is 25.1 Å². The number of carbonyl (C=O) groups excluding carboxylic acids is 1. The van der Waals surface area contributed by atoms with E-state index >= 15 is 0 Å². The lowest BCUT2D eigenvalue weighted by Crippen LogP contribution is -2.47. The molecule has 1 atom stereocenters. The largest absolute Gasteiger partial charge is 0.489 e. The molecular formula is C19H17F3N2O2. The van der Waals surface area contributed by atoms with Crippen LogP contribution in [-0.4, -0.2) is 30.1 Å². The molecule has 1 heterocycles. The van der Waals surface area contributed by atoms with Gasteiger partial charge in [-0.2, -0.15) is 13.2 Å². The summed E-state index contributed by atoms with van der Waals surface area (Å²) in [4.78, 5) is 13.5. The van der Waals surface area contributed by atoms with Gasteiger partial charge in [0, 0.05) is 11.3 Å². The molecule has 0 unspecified atom stereocenters. The molecule has 1 aliphatic heterocycles. The molecule has 3 rings (SSSR count). The van der Waals surface area contributed by atoms with Gasteiger partial charge < -0.3 is 15.0 Å². The molecule has 0 radical (unpaired) electrons. The molecule has 1 amide bonds. The zero-order valence-electron chi connectivity index (χ0n) is 13.8. The lowest BCUT2D eigenvalue weighted by molar-refractivity contribution is -0.144. The van der Waals surface area contributed by atoms with Gasteiger partial charge in [0.05, 0.1) is 5.56 Å². The molecule has 0 saturated heterocycles.